The predicted molar refractivity (Wildman–Crippen MR) is 81.4 cm³/mol. The number of hydrogen-bond donors (Lipinski definition) is 3. The first-order valence-corrected chi connectivity index (χ1v) is 7.03. The zero-order valence-corrected chi connectivity index (χ0v) is 12.3. The summed E-state index contributed by atoms with van der Waals surface area (Å²) in [4.78, 5) is 11.7. The molecule has 1 aromatic rings. The number of amidine groups is 1. The van der Waals surface area contributed by atoms with Crippen molar-refractivity contribution in [2.45, 2.75) is 39.0 Å². The quantitative estimate of drug-likeness (QED) is 0.237. The minimum absolute atomic E-state index is 0.0238. The van der Waals surface area contributed by atoms with Gasteiger partial charge in [0.2, 0.25) is 5.91 Å². The van der Waals surface area contributed by atoms with Gasteiger partial charge in [-0.3, -0.25) is 4.79 Å². The van der Waals surface area contributed by atoms with E-state index in [1.807, 2.05) is 0 Å². The van der Waals surface area contributed by atoms with Crippen LogP contribution in [0.25, 0.3) is 0 Å². The number of amides is 1. The Bertz CT molecular complexity index is 489. The summed E-state index contributed by atoms with van der Waals surface area (Å²) < 4.78 is 0. The first-order valence-electron chi connectivity index (χ1n) is 6.65. The third-order valence-corrected chi connectivity index (χ3v) is 3.22. The third-order valence-electron chi connectivity index (χ3n) is 2.90. The summed E-state index contributed by atoms with van der Waals surface area (Å²) >= 11 is 6.05. The van der Waals surface area contributed by atoms with Gasteiger partial charge in [0, 0.05) is 12.0 Å². The molecule has 0 saturated heterocycles. The molecule has 1 amide bonds. The topological polar surface area (TPSA) is 87.7 Å². The molecule has 0 saturated carbocycles. The maximum atomic E-state index is 11.7. The highest BCUT2D eigenvalue weighted by atomic mass is 35.5. The van der Waals surface area contributed by atoms with Crippen molar-refractivity contribution in [2.75, 3.05) is 5.32 Å². The van der Waals surface area contributed by atoms with E-state index >= 15 is 0 Å². The minimum atomic E-state index is -0.0560. The summed E-state index contributed by atoms with van der Waals surface area (Å²) in [7, 11) is 0. The Labute approximate surface area is 123 Å². The monoisotopic (exact) mass is 297 g/mol. The summed E-state index contributed by atoms with van der Waals surface area (Å²) in [5, 5.41) is 14.6. The number of carbonyl (C=O) groups excluding carboxylic acids is 1. The van der Waals surface area contributed by atoms with E-state index in [2.05, 4.69) is 17.4 Å². The van der Waals surface area contributed by atoms with Crippen LogP contribution in [-0.4, -0.2) is 17.0 Å². The molecule has 0 radical (unpaired) electrons. The second-order valence-electron chi connectivity index (χ2n) is 4.54. The fourth-order valence-electron chi connectivity index (χ4n) is 1.76. The number of nitrogens with two attached hydrogens (primary N) is 1. The van der Waals surface area contributed by atoms with E-state index in [0.29, 0.717) is 22.7 Å². The molecule has 20 heavy (non-hydrogen) atoms. The molecule has 0 spiro atoms. The van der Waals surface area contributed by atoms with Crippen LogP contribution in [0.4, 0.5) is 5.69 Å². The van der Waals surface area contributed by atoms with Crippen LogP contribution >= 0.6 is 11.6 Å². The maximum absolute atomic E-state index is 11.7. The van der Waals surface area contributed by atoms with E-state index in [1.54, 1.807) is 18.2 Å². The van der Waals surface area contributed by atoms with Gasteiger partial charge in [-0.15, -0.1) is 0 Å². The molecular formula is C14H20ClN3O2. The van der Waals surface area contributed by atoms with Gasteiger partial charge in [-0.05, 0) is 24.6 Å². The molecule has 1 aromatic carbocycles. The van der Waals surface area contributed by atoms with E-state index in [0.717, 1.165) is 25.7 Å². The van der Waals surface area contributed by atoms with Gasteiger partial charge in [-0.25, -0.2) is 0 Å². The number of oxime groups is 1. The van der Waals surface area contributed by atoms with E-state index in [1.165, 1.54) is 0 Å². The molecule has 6 heteroatoms. The van der Waals surface area contributed by atoms with Crippen molar-refractivity contribution in [1.82, 2.24) is 0 Å². The number of nitrogens with zero attached hydrogens (tertiary/aromatic N) is 1. The molecule has 0 atom stereocenters. The molecule has 1 rings (SSSR count). The lowest BCUT2D eigenvalue weighted by Crippen LogP contribution is -2.14. The number of carbonyl (C=O) groups is 1. The largest absolute Gasteiger partial charge is 0.409 e. The van der Waals surface area contributed by atoms with Crippen molar-refractivity contribution in [3.63, 3.8) is 0 Å². The Morgan fingerprint density at radius 2 is 2.15 bits per heavy atom. The molecule has 4 N–H and O–H groups in total. The van der Waals surface area contributed by atoms with Crippen LogP contribution in [-0.2, 0) is 4.79 Å². The molecule has 0 aromatic heterocycles. The SMILES string of the molecule is CCCCCCC(=O)Nc1ccc(/C(N)=N/O)cc1Cl. The van der Waals surface area contributed by atoms with Gasteiger partial charge in [0.25, 0.3) is 0 Å². The lowest BCUT2D eigenvalue weighted by molar-refractivity contribution is -0.116. The number of hydrogen-bond acceptors (Lipinski definition) is 3. The Kier molecular flexibility index (Phi) is 6.87. The van der Waals surface area contributed by atoms with E-state index in [-0.39, 0.29) is 11.7 Å². The van der Waals surface area contributed by atoms with Gasteiger partial charge in [0.15, 0.2) is 5.84 Å². The van der Waals surface area contributed by atoms with Crippen LogP contribution in [0.3, 0.4) is 0 Å². The molecule has 0 fully saturated rings. The Morgan fingerprint density at radius 1 is 1.40 bits per heavy atom. The first kappa shape index (κ1) is 16.3. The number of anilines is 1. The van der Waals surface area contributed by atoms with Crippen molar-refractivity contribution < 1.29 is 10.0 Å². The zero-order chi connectivity index (χ0) is 15.0. The maximum Gasteiger partial charge on any atom is 0.224 e. The van der Waals surface area contributed by atoms with Crippen molar-refractivity contribution in [3.05, 3.63) is 28.8 Å². The van der Waals surface area contributed by atoms with E-state index in [9.17, 15) is 4.79 Å². The first-order chi connectivity index (χ1) is 9.58. The molecule has 5 nitrogen and oxygen atoms in total. The van der Waals surface area contributed by atoms with Gasteiger partial charge in [-0.2, -0.15) is 0 Å². The summed E-state index contributed by atoms with van der Waals surface area (Å²) in [6, 6.07) is 4.82. The Balaban J connectivity index is 2.58. The van der Waals surface area contributed by atoms with Crippen LogP contribution < -0.4 is 11.1 Å². The second kappa shape index (κ2) is 8.43. The molecule has 0 aliphatic heterocycles. The summed E-state index contributed by atoms with van der Waals surface area (Å²) in [6.45, 7) is 2.13. The van der Waals surface area contributed by atoms with Crippen molar-refractivity contribution >= 4 is 29.0 Å². The number of halogens is 1. The van der Waals surface area contributed by atoms with Gasteiger partial charge in [0.05, 0.1) is 10.7 Å². The number of unbranched alkanes of at least 4 members (excludes halogenated alkanes) is 3. The van der Waals surface area contributed by atoms with Crippen molar-refractivity contribution in [1.29, 1.82) is 0 Å². The number of rotatable bonds is 7. The van der Waals surface area contributed by atoms with Crippen LogP contribution in [0.15, 0.2) is 23.4 Å². The molecule has 0 aliphatic rings. The molecule has 0 bridgehead atoms. The fraction of sp³-hybridized carbons (Fsp3) is 0.429. The highest BCUT2D eigenvalue weighted by molar-refractivity contribution is 6.34. The minimum Gasteiger partial charge on any atom is -0.409 e. The highest BCUT2D eigenvalue weighted by Crippen LogP contribution is 2.23. The summed E-state index contributed by atoms with van der Waals surface area (Å²) in [5.74, 6) is -0.0797. The number of nitrogens with one attached hydrogen (secondary N) is 1. The van der Waals surface area contributed by atoms with Crippen LogP contribution in [0.1, 0.15) is 44.6 Å². The zero-order valence-electron chi connectivity index (χ0n) is 11.5. The molecule has 0 unspecified atom stereocenters. The van der Waals surface area contributed by atoms with Crippen molar-refractivity contribution in [3.8, 4) is 0 Å². The molecule has 0 heterocycles. The van der Waals surface area contributed by atoms with E-state index < -0.39 is 0 Å². The predicted octanol–water partition coefficient (Wildman–Crippen LogP) is 3.34. The smallest absolute Gasteiger partial charge is 0.224 e. The van der Waals surface area contributed by atoms with Gasteiger partial charge < -0.3 is 16.3 Å². The molecule has 110 valence electrons. The Hall–Kier alpha value is -1.75. The van der Waals surface area contributed by atoms with Crippen molar-refractivity contribution in [2.24, 2.45) is 10.9 Å². The summed E-state index contributed by atoms with van der Waals surface area (Å²) in [6.07, 6.45) is 4.70. The fourth-order valence-corrected chi connectivity index (χ4v) is 1.99. The Morgan fingerprint density at radius 3 is 2.75 bits per heavy atom. The van der Waals surface area contributed by atoms with Crippen LogP contribution in [0.5, 0.6) is 0 Å². The van der Waals surface area contributed by atoms with Crippen LogP contribution in [0, 0.1) is 0 Å². The van der Waals surface area contributed by atoms with E-state index in [4.69, 9.17) is 22.5 Å². The van der Waals surface area contributed by atoms with Crippen LogP contribution in [0.2, 0.25) is 5.02 Å². The average Bonchev–Trinajstić information content (AvgIpc) is 2.45. The van der Waals surface area contributed by atoms with Gasteiger partial charge in [-0.1, -0.05) is 42.9 Å². The van der Waals surface area contributed by atoms with Gasteiger partial charge in [0.1, 0.15) is 0 Å². The molecule has 0 aliphatic carbocycles. The highest BCUT2D eigenvalue weighted by Gasteiger charge is 2.08. The third kappa shape index (κ3) is 5.09. The number of benzene rings is 1. The lowest BCUT2D eigenvalue weighted by Gasteiger charge is -2.08. The molecular weight excluding hydrogens is 278 g/mol. The average molecular weight is 298 g/mol. The lowest BCUT2D eigenvalue weighted by atomic mass is 10.1. The van der Waals surface area contributed by atoms with Gasteiger partial charge >= 0.3 is 0 Å². The summed E-state index contributed by atoms with van der Waals surface area (Å²) in [5.41, 5.74) is 6.49. The second-order valence-corrected chi connectivity index (χ2v) is 4.95. The standard InChI is InChI=1S/C14H20ClN3O2/c1-2-3-4-5-6-13(19)17-12-8-7-10(9-11(12)15)14(16)18-20/h7-9,20H,2-6H2,1H3,(H2,16,18)(H,17,19). The normalized spacial score (nSPS) is 11.4.